The second kappa shape index (κ2) is 10.8. The van der Waals surface area contributed by atoms with Gasteiger partial charge in [-0.05, 0) is 63.7 Å². The van der Waals surface area contributed by atoms with Gasteiger partial charge in [-0.1, -0.05) is 11.1 Å². The van der Waals surface area contributed by atoms with Crippen molar-refractivity contribution >= 4 is 39.0 Å². The summed E-state index contributed by atoms with van der Waals surface area (Å²) in [6, 6.07) is 10.1. The Balaban J connectivity index is 1.20. The number of benzene rings is 1. The van der Waals surface area contributed by atoms with Crippen LogP contribution in [0.2, 0.25) is 0 Å². The molecule has 0 bridgehead atoms. The van der Waals surface area contributed by atoms with Gasteiger partial charge in [-0.2, -0.15) is 0 Å². The van der Waals surface area contributed by atoms with Gasteiger partial charge in [-0.15, -0.1) is 11.3 Å². The van der Waals surface area contributed by atoms with Crippen LogP contribution in [0.4, 0.5) is 11.5 Å². The predicted molar refractivity (Wildman–Crippen MR) is 156 cm³/mol. The average molecular weight is 555 g/mol. The van der Waals surface area contributed by atoms with E-state index in [9.17, 15) is 4.79 Å². The van der Waals surface area contributed by atoms with Crippen molar-refractivity contribution in [2.24, 2.45) is 4.99 Å². The van der Waals surface area contributed by atoms with Gasteiger partial charge in [0.25, 0.3) is 0 Å². The van der Waals surface area contributed by atoms with Crippen LogP contribution < -0.4 is 19.8 Å². The molecular formula is C30H32N7O2S+. The zero-order chi connectivity index (χ0) is 27.8. The number of fused-ring (bicyclic) bond motifs is 4. The highest BCUT2D eigenvalue weighted by molar-refractivity contribution is 7.19. The average Bonchev–Trinajstić information content (AvgIpc) is 3.49. The number of hydrogen-bond donors (Lipinski definition) is 1. The normalized spacial score (nSPS) is 16.1. The third-order valence-corrected chi connectivity index (χ3v) is 8.12. The van der Waals surface area contributed by atoms with Gasteiger partial charge in [0.15, 0.2) is 6.04 Å². The fourth-order valence-corrected chi connectivity index (χ4v) is 6.24. The number of carbonyl (C=O) groups excluding carboxylic acids is 1. The van der Waals surface area contributed by atoms with Crippen LogP contribution in [0.15, 0.2) is 60.0 Å². The van der Waals surface area contributed by atoms with Gasteiger partial charge in [0.05, 0.1) is 24.2 Å². The molecule has 1 atom stereocenters. The third-order valence-electron chi connectivity index (χ3n) is 6.99. The van der Waals surface area contributed by atoms with Crippen molar-refractivity contribution in [1.82, 2.24) is 19.8 Å². The summed E-state index contributed by atoms with van der Waals surface area (Å²) in [4.78, 5) is 32.5. The summed E-state index contributed by atoms with van der Waals surface area (Å²) < 4.78 is 8.21. The lowest BCUT2D eigenvalue weighted by atomic mass is 10.0. The van der Waals surface area contributed by atoms with Crippen LogP contribution in [0.25, 0.3) is 10.2 Å². The van der Waals surface area contributed by atoms with Crippen molar-refractivity contribution in [3.63, 3.8) is 0 Å². The fraction of sp³-hybridized carbons (Fsp3) is 0.300. The van der Waals surface area contributed by atoms with Gasteiger partial charge in [-0.25, -0.2) is 14.2 Å². The molecule has 0 saturated carbocycles. The molecule has 0 radical (unpaired) electrons. The Labute approximate surface area is 236 Å². The summed E-state index contributed by atoms with van der Waals surface area (Å²) >= 11 is 1.64. The molecule has 1 unspecified atom stereocenters. The summed E-state index contributed by atoms with van der Waals surface area (Å²) in [7, 11) is 3.97. The highest BCUT2D eigenvalue weighted by Gasteiger charge is 2.25. The zero-order valence-electron chi connectivity index (χ0n) is 23.1. The maximum absolute atomic E-state index is 12.7. The summed E-state index contributed by atoms with van der Waals surface area (Å²) in [6.45, 7) is 6.10. The first-order chi connectivity index (χ1) is 19.3. The predicted octanol–water partition coefficient (Wildman–Crippen LogP) is 3.86. The molecule has 10 heteroatoms. The number of aromatic nitrogens is 3. The van der Waals surface area contributed by atoms with Crippen molar-refractivity contribution in [2.45, 2.75) is 32.9 Å². The SMILES string of the molecule is Cc1cc(Nc2ncnc3sc4c(c23)CCN(C(=O)/C=C/CN(C)C)C4)ccc1Oc1cc[n+]2c(c1)=NC(C)C=2. The molecule has 2 aliphatic heterocycles. The van der Waals surface area contributed by atoms with Gasteiger partial charge < -0.3 is 19.9 Å². The van der Waals surface area contributed by atoms with Gasteiger partial charge in [0.1, 0.15) is 34.7 Å². The molecule has 1 N–H and O–H groups in total. The third kappa shape index (κ3) is 5.32. The Bertz CT molecular complexity index is 1760. The van der Waals surface area contributed by atoms with Gasteiger partial charge in [-0.3, -0.25) is 4.79 Å². The molecule has 1 aromatic carbocycles. The van der Waals surface area contributed by atoms with E-state index in [0.717, 1.165) is 57.2 Å². The number of nitrogens with zero attached hydrogens (tertiary/aromatic N) is 6. The van der Waals surface area contributed by atoms with Crippen LogP contribution in [0.1, 0.15) is 22.9 Å². The second-order valence-electron chi connectivity index (χ2n) is 10.4. The van der Waals surface area contributed by atoms with Crippen LogP contribution in [0, 0.1) is 13.1 Å². The number of nitrogens with one attached hydrogen (secondary N) is 1. The molecule has 3 aromatic heterocycles. The lowest BCUT2D eigenvalue weighted by Gasteiger charge is -2.26. The monoisotopic (exact) mass is 554 g/mol. The molecule has 0 saturated heterocycles. The van der Waals surface area contributed by atoms with Crippen LogP contribution in [0.5, 0.6) is 11.5 Å². The maximum Gasteiger partial charge on any atom is 0.326 e. The first kappa shape index (κ1) is 26.1. The highest BCUT2D eigenvalue weighted by atomic mass is 32.1. The van der Waals surface area contributed by atoms with Crippen molar-refractivity contribution in [3.8, 4) is 11.5 Å². The zero-order valence-corrected chi connectivity index (χ0v) is 23.9. The van der Waals surface area contributed by atoms with E-state index in [1.54, 1.807) is 23.7 Å². The van der Waals surface area contributed by atoms with E-state index in [1.165, 1.54) is 10.4 Å². The van der Waals surface area contributed by atoms with Crippen molar-refractivity contribution in [1.29, 1.82) is 0 Å². The molecule has 0 spiro atoms. The molecule has 40 heavy (non-hydrogen) atoms. The number of aryl methyl sites for hydroxylation is 1. The van der Waals surface area contributed by atoms with Crippen molar-refractivity contribution < 1.29 is 13.8 Å². The molecule has 2 aliphatic rings. The van der Waals surface area contributed by atoms with Crippen LogP contribution in [-0.2, 0) is 17.8 Å². The van der Waals surface area contributed by atoms with Crippen molar-refractivity contribution in [2.75, 3.05) is 32.5 Å². The quantitative estimate of drug-likeness (QED) is 0.276. The number of hydrogen-bond acceptors (Lipinski definition) is 8. The first-order valence-electron chi connectivity index (χ1n) is 13.4. The molecule has 9 nitrogen and oxygen atoms in total. The Kier molecular flexibility index (Phi) is 7.03. The molecular weight excluding hydrogens is 522 g/mol. The summed E-state index contributed by atoms with van der Waals surface area (Å²) in [5.74, 6) is 2.37. The number of thiophene rings is 1. The fourth-order valence-electron chi connectivity index (χ4n) is 5.03. The Hall–Kier alpha value is -4.15. The number of anilines is 2. The molecule has 0 fully saturated rings. The Morgan fingerprint density at radius 3 is 2.98 bits per heavy atom. The minimum Gasteiger partial charge on any atom is -0.457 e. The second-order valence-corrected chi connectivity index (χ2v) is 11.5. The number of pyridine rings is 1. The molecule has 0 aliphatic carbocycles. The van der Waals surface area contributed by atoms with Crippen molar-refractivity contribution in [3.05, 3.63) is 82.7 Å². The van der Waals surface area contributed by atoms with Crippen LogP contribution >= 0.6 is 11.3 Å². The van der Waals surface area contributed by atoms with E-state index in [2.05, 4.69) is 39.5 Å². The van der Waals surface area contributed by atoms with Gasteiger partial charge >= 0.3 is 5.49 Å². The molecule has 204 valence electrons. The number of carbonyl (C=O) groups is 1. The first-order valence-corrected chi connectivity index (χ1v) is 14.2. The Morgan fingerprint density at radius 2 is 2.15 bits per heavy atom. The van der Waals surface area contributed by atoms with Gasteiger partial charge in [0.2, 0.25) is 5.91 Å². The number of likely N-dealkylation sites (N-methyl/N-ethyl adjacent to an activating group) is 1. The van der Waals surface area contributed by atoms with E-state index in [1.807, 2.05) is 71.6 Å². The van der Waals surface area contributed by atoms with Gasteiger partial charge in [0, 0.05) is 35.8 Å². The van der Waals surface area contributed by atoms with E-state index >= 15 is 0 Å². The standard InChI is InChI=1S/C30H32N7O2S/c1-19-14-21(7-8-24(19)39-22-9-12-36-16-20(2)33-26(36)15-22)34-29-28-23-10-13-37(27(38)6-5-11-35(3)4)17-25(23)40-30(28)32-18-31-29/h5-9,12,14-16,18,20H,10-11,13,17H2,1-4H3,(H,31,32,34)/q+1/b6-5+. The summed E-state index contributed by atoms with van der Waals surface area (Å²) in [5, 5.41) is 4.55. The Morgan fingerprint density at radius 1 is 1.27 bits per heavy atom. The lowest BCUT2D eigenvalue weighted by Crippen LogP contribution is -2.34. The smallest absolute Gasteiger partial charge is 0.326 e. The van der Waals surface area contributed by atoms with E-state index < -0.39 is 0 Å². The number of ether oxygens (including phenoxy) is 1. The summed E-state index contributed by atoms with van der Waals surface area (Å²) in [5.41, 5.74) is 4.05. The van der Waals surface area contributed by atoms with E-state index in [4.69, 9.17) is 4.74 Å². The lowest BCUT2D eigenvalue weighted by molar-refractivity contribution is -0.523. The molecule has 5 heterocycles. The van der Waals surface area contributed by atoms with E-state index in [0.29, 0.717) is 13.1 Å². The summed E-state index contributed by atoms with van der Waals surface area (Å²) in [6.07, 6.45) is 10.0. The highest BCUT2D eigenvalue weighted by Crippen LogP contribution is 2.38. The van der Waals surface area contributed by atoms with Crippen LogP contribution in [-0.4, -0.2) is 58.9 Å². The maximum atomic E-state index is 12.7. The molecule has 4 aromatic rings. The largest absolute Gasteiger partial charge is 0.457 e. The molecule has 1 amide bonds. The topological polar surface area (TPSA) is 88.9 Å². The minimum atomic E-state index is 0.0492. The van der Waals surface area contributed by atoms with Crippen LogP contribution in [0.3, 0.4) is 0 Å². The molecule has 6 rings (SSSR count). The number of rotatable bonds is 7. The number of amides is 1. The van der Waals surface area contributed by atoms with E-state index in [-0.39, 0.29) is 11.9 Å². The minimum absolute atomic E-state index is 0.0492.